The average Bonchev–Trinajstić information content (AvgIpc) is 2.61. The summed E-state index contributed by atoms with van der Waals surface area (Å²) >= 11 is 0. The molecular formula is C24H33NO. The fraction of sp³-hybridized carbons (Fsp3) is 0.500. The summed E-state index contributed by atoms with van der Waals surface area (Å²) in [6, 6.07) is 14.0. The van der Waals surface area contributed by atoms with Crippen LogP contribution in [0.4, 0.5) is 5.69 Å². The van der Waals surface area contributed by atoms with E-state index in [2.05, 4.69) is 82.8 Å². The Kier molecular flexibility index (Phi) is 5.72. The van der Waals surface area contributed by atoms with Crippen LogP contribution in [0.5, 0.6) is 0 Å². The lowest BCUT2D eigenvalue weighted by molar-refractivity contribution is -0.0258. The van der Waals surface area contributed by atoms with E-state index in [9.17, 15) is 0 Å². The maximum atomic E-state index is 6.00. The van der Waals surface area contributed by atoms with Gasteiger partial charge in [0.1, 0.15) is 0 Å². The molecule has 0 radical (unpaired) electrons. The van der Waals surface area contributed by atoms with Crippen molar-refractivity contribution in [3.05, 3.63) is 64.2 Å². The fourth-order valence-corrected chi connectivity index (χ4v) is 4.02. The zero-order chi connectivity index (χ0) is 18.8. The molecule has 2 aromatic carbocycles. The number of anilines is 1. The second kappa shape index (κ2) is 7.84. The number of nitrogens with zero attached hydrogens (tertiary/aromatic N) is 1. The van der Waals surface area contributed by atoms with E-state index in [1.165, 1.54) is 33.5 Å². The molecule has 3 rings (SSSR count). The van der Waals surface area contributed by atoms with Crippen molar-refractivity contribution < 1.29 is 4.74 Å². The van der Waals surface area contributed by atoms with Gasteiger partial charge in [0.25, 0.3) is 0 Å². The molecular weight excluding hydrogens is 318 g/mol. The van der Waals surface area contributed by atoms with E-state index in [0.717, 1.165) is 19.4 Å². The van der Waals surface area contributed by atoms with Gasteiger partial charge in [-0.05, 0) is 82.7 Å². The number of hydrogen-bond acceptors (Lipinski definition) is 2. The first kappa shape index (κ1) is 19.0. The number of ether oxygens (including phenoxy) is 1. The molecule has 0 amide bonds. The van der Waals surface area contributed by atoms with Crippen LogP contribution in [0.1, 0.15) is 48.6 Å². The molecule has 0 N–H and O–H groups in total. The van der Waals surface area contributed by atoms with Crippen LogP contribution < -0.4 is 4.90 Å². The summed E-state index contributed by atoms with van der Waals surface area (Å²) in [7, 11) is 0. The highest BCUT2D eigenvalue weighted by Crippen LogP contribution is 2.31. The van der Waals surface area contributed by atoms with Crippen LogP contribution in [-0.2, 0) is 17.6 Å². The number of benzene rings is 2. The van der Waals surface area contributed by atoms with Crippen molar-refractivity contribution in [2.24, 2.45) is 0 Å². The van der Waals surface area contributed by atoms with Crippen molar-refractivity contribution in [3.8, 4) is 0 Å². The van der Waals surface area contributed by atoms with E-state index in [4.69, 9.17) is 4.74 Å². The average molecular weight is 352 g/mol. The zero-order valence-corrected chi connectivity index (χ0v) is 17.2. The van der Waals surface area contributed by atoms with Gasteiger partial charge in [0.15, 0.2) is 0 Å². The van der Waals surface area contributed by atoms with Crippen molar-refractivity contribution >= 4 is 5.69 Å². The molecule has 26 heavy (non-hydrogen) atoms. The molecule has 0 saturated carbocycles. The molecule has 2 heteroatoms. The molecule has 0 aromatic heterocycles. The van der Waals surface area contributed by atoms with Gasteiger partial charge in [-0.1, -0.05) is 35.9 Å². The monoisotopic (exact) mass is 351 g/mol. The topological polar surface area (TPSA) is 12.5 Å². The van der Waals surface area contributed by atoms with Crippen LogP contribution in [0.15, 0.2) is 36.4 Å². The number of morpholine rings is 1. The summed E-state index contributed by atoms with van der Waals surface area (Å²) in [6.07, 6.45) is 2.74. The Morgan fingerprint density at radius 2 is 1.58 bits per heavy atom. The predicted octanol–water partition coefficient (Wildman–Crippen LogP) is 5.40. The van der Waals surface area contributed by atoms with Crippen LogP contribution in [0.3, 0.4) is 0 Å². The summed E-state index contributed by atoms with van der Waals surface area (Å²) < 4.78 is 6.00. The lowest BCUT2D eigenvalue weighted by atomic mass is 9.94. The smallest absolute Gasteiger partial charge is 0.0751 e. The second-order valence-corrected chi connectivity index (χ2v) is 8.02. The number of aryl methyl sites for hydroxylation is 3. The highest BCUT2D eigenvalue weighted by atomic mass is 16.5. The minimum absolute atomic E-state index is 0.264. The maximum Gasteiger partial charge on any atom is 0.0751 e. The standard InChI is InChI=1S/C24H33NO/c1-16-7-9-22(10-8-16)11-12-23-13-14-24(19(4)18(23)3)25-15-17(2)26-21(6)20(25)5/h7-10,13-14,17,20-21H,11-12,15H2,1-6H3/t17-,20?,21+/m0/s1. The number of rotatable bonds is 4. The maximum absolute atomic E-state index is 6.00. The summed E-state index contributed by atoms with van der Waals surface area (Å²) in [6.45, 7) is 14.3. The van der Waals surface area contributed by atoms with Gasteiger partial charge in [-0.3, -0.25) is 0 Å². The van der Waals surface area contributed by atoms with E-state index in [1.807, 2.05) is 0 Å². The van der Waals surface area contributed by atoms with Crippen LogP contribution in [0.2, 0.25) is 0 Å². The van der Waals surface area contributed by atoms with Gasteiger partial charge in [0.2, 0.25) is 0 Å². The molecule has 1 fully saturated rings. The summed E-state index contributed by atoms with van der Waals surface area (Å²) in [4.78, 5) is 2.53. The molecule has 2 aromatic rings. The van der Waals surface area contributed by atoms with Gasteiger partial charge in [-0.2, -0.15) is 0 Å². The van der Waals surface area contributed by atoms with E-state index in [1.54, 1.807) is 0 Å². The zero-order valence-electron chi connectivity index (χ0n) is 17.2. The minimum Gasteiger partial charge on any atom is -0.372 e. The van der Waals surface area contributed by atoms with Gasteiger partial charge in [0.05, 0.1) is 18.2 Å². The highest BCUT2D eigenvalue weighted by Gasteiger charge is 2.30. The molecule has 140 valence electrons. The number of hydrogen-bond donors (Lipinski definition) is 0. The predicted molar refractivity (Wildman–Crippen MR) is 111 cm³/mol. The largest absolute Gasteiger partial charge is 0.372 e. The third kappa shape index (κ3) is 3.96. The van der Waals surface area contributed by atoms with Crippen LogP contribution in [-0.4, -0.2) is 24.8 Å². The molecule has 1 aliphatic heterocycles. The normalized spacial score (nSPS) is 23.3. The first-order valence-corrected chi connectivity index (χ1v) is 9.93. The first-order valence-electron chi connectivity index (χ1n) is 9.93. The van der Waals surface area contributed by atoms with Gasteiger partial charge < -0.3 is 9.64 Å². The molecule has 1 heterocycles. The van der Waals surface area contributed by atoms with Gasteiger partial charge in [-0.15, -0.1) is 0 Å². The van der Waals surface area contributed by atoms with Crippen molar-refractivity contribution in [2.45, 2.75) is 72.6 Å². The quantitative estimate of drug-likeness (QED) is 0.731. The SMILES string of the molecule is Cc1ccc(CCc2ccc(N3C[C@H](C)O[C@H](C)C3C)c(C)c2C)cc1. The van der Waals surface area contributed by atoms with E-state index in [0.29, 0.717) is 6.04 Å². The van der Waals surface area contributed by atoms with Crippen molar-refractivity contribution in [1.29, 1.82) is 0 Å². The van der Waals surface area contributed by atoms with Gasteiger partial charge in [-0.25, -0.2) is 0 Å². The third-order valence-electron chi connectivity index (χ3n) is 6.06. The van der Waals surface area contributed by atoms with Crippen molar-refractivity contribution in [2.75, 3.05) is 11.4 Å². The van der Waals surface area contributed by atoms with Crippen LogP contribution in [0.25, 0.3) is 0 Å². The van der Waals surface area contributed by atoms with E-state index >= 15 is 0 Å². The Morgan fingerprint density at radius 1 is 0.885 bits per heavy atom. The molecule has 2 nitrogen and oxygen atoms in total. The molecule has 3 atom stereocenters. The molecule has 0 aliphatic carbocycles. The Balaban J connectivity index is 1.78. The summed E-state index contributed by atoms with van der Waals surface area (Å²) in [5, 5.41) is 0. The fourth-order valence-electron chi connectivity index (χ4n) is 4.02. The summed E-state index contributed by atoms with van der Waals surface area (Å²) in [5.41, 5.74) is 8.44. The second-order valence-electron chi connectivity index (χ2n) is 8.02. The Bertz CT molecular complexity index is 750. The highest BCUT2D eigenvalue weighted by molar-refractivity contribution is 5.59. The molecule has 0 spiro atoms. The lowest BCUT2D eigenvalue weighted by Crippen LogP contribution is -2.52. The Morgan fingerprint density at radius 3 is 2.27 bits per heavy atom. The molecule has 1 saturated heterocycles. The van der Waals surface area contributed by atoms with Gasteiger partial charge in [0, 0.05) is 12.2 Å². The van der Waals surface area contributed by atoms with Crippen molar-refractivity contribution in [3.63, 3.8) is 0 Å². The van der Waals surface area contributed by atoms with Gasteiger partial charge >= 0.3 is 0 Å². The lowest BCUT2D eigenvalue weighted by Gasteiger charge is -2.43. The Labute approximate surface area is 159 Å². The van der Waals surface area contributed by atoms with Crippen LogP contribution >= 0.6 is 0 Å². The minimum atomic E-state index is 0.264. The molecule has 0 bridgehead atoms. The van der Waals surface area contributed by atoms with Crippen LogP contribution in [0, 0.1) is 20.8 Å². The van der Waals surface area contributed by atoms with E-state index in [-0.39, 0.29) is 12.2 Å². The first-order chi connectivity index (χ1) is 12.4. The molecule has 1 unspecified atom stereocenters. The Hall–Kier alpha value is -1.80. The molecule has 1 aliphatic rings. The van der Waals surface area contributed by atoms with E-state index < -0.39 is 0 Å². The summed E-state index contributed by atoms with van der Waals surface area (Å²) in [5.74, 6) is 0. The third-order valence-corrected chi connectivity index (χ3v) is 6.06. The van der Waals surface area contributed by atoms with Crippen molar-refractivity contribution in [1.82, 2.24) is 0 Å².